The van der Waals surface area contributed by atoms with Crippen LogP contribution in [0.2, 0.25) is 0 Å². The van der Waals surface area contributed by atoms with Gasteiger partial charge in [0.25, 0.3) is 5.91 Å². The summed E-state index contributed by atoms with van der Waals surface area (Å²) in [5, 5.41) is 8.89. The molecule has 0 aliphatic carbocycles. The maximum atomic E-state index is 13.5. The molecule has 0 saturated heterocycles. The van der Waals surface area contributed by atoms with Crippen molar-refractivity contribution in [2.75, 3.05) is 13.7 Å². The van der Waals surface area contributed by atoms with Crippen molar-refractivity contribution in [3.63, 3.8) is 0 Å². The van der Waals surface area contributed by atoms with Gasteiger partial charge in [-0.1, -0.05) is 18.2 Å². The first-order valence-corrected chi connectivity index (χ1v) is 6.76. The second kappa shape index (κ2) is 7.51. The molecule has 0 aliphatic rings. The first kappa shape index (κ1) is 15.9. The summed E-state index contributed by atoms with van der Waals surface area (Å²) in [7, 11) is 1.59. The third-order valence-corrected chi connectivity index (χ3v) is 3.11. The number of carbonyl (C=O) groups is 1. The molecule has 0 atom stereocenters. The summed E-state index contributed by atoms with van der Waals surface area (Å²) in [6.07, 6.45) is 1.44. The van der Waals surface area contributed by atoms with Gasteiger partial charge >= 0.3 is 0 Å². The molecule has 0 bridgehead atoms. The molecular formula is C16H17FN2O3. The Bertz CT molecular complexity index is 632. The quantitative estimate of drug-likeness (QED) is 0.883. The highest BCUT2D eigenvalue weighted by Gasteiger charge is 2.12. The normalized spacial score (nSPS) is 10.3. The molecule has 0 spiro atoms. The van der Waals surface area contributed by atoms with Gasteiger partial charge in [-0.2, -0.15) is 0 Å². The summed E-state index contributed by atoms with van der Waals surface area (Å²) in [5.41, 5.74) is 0.975. The van der Waals surface area contributed by atoms with E-state index in [1.165, 1.54) is 17.2 Å². The van der Waals surface area contributed by atoms with Gasteiger partial charge in [0.1, 0.15) is 11.6 Å². The van der Waals surface area contributed by atoms with Gasteiger partial charge in [0.15, 0.2) is 6.61 Å². The Morgan fingerprint density at radius 3 is 2.73 bits per heavy atom. The highest BCUT2D eigenvalue weighted by Crippen LogP contribution is 2.11. The Hall–Kier alpha value is -2.47. The first-order valence-electron chi connectivity index (χ1n) is 6.76. The van der Waals surface area contributed by atoms with E-state index in [1.807, 2.05) is 0 Å². The van der Waals surface area contributed by atoms with Crippen LogP contribution in [0.15, 0.2) is 42.6 Å². The third kappa shape index (κ3) is 4.26. The number of nitrogens with zero attached hydrogens (tertiary/aromatic N) is 2. The number of hydrogen-bond acceptors (Lipinski definition) is 4. The molecule has 1 aromatic carbocycles. The van der Waals surface area contributed by atoms with Crippen LogP contribution >= 0.6 is 0 Å². The van der Waals surface area contributed by atoms with Gasteiger partial charge < -0.3 is 14.7 Å². The van der Waals surface area contributed by atoms with Crippen LogP contribution in [0.3, 0.4) is 0 Å². The van der Waals surface area contributed by atoms with Crippen LogP contribution in [0, 0.1) is 5.82 Å². The maximum absolute atomic E-state index is 13.5. The van der Waals surface area contributed by atoms with Crippen molar-refractivity contribution in [2.45, 2.75) is 13.2 Å². The number of hydrogen-bond donors (Lipinski definition) is 1. The molecule has 0 fully saturated rings. The molecule has 6 heteroatoms. The fourth-order valence-electron chi connectivity index (χ4n) is 1.82. The Labute approximate surface area is 128 Å². The zero-order valence-electron chi connectivity index (χ0n) is 12.2. The third-order valence-electron chi connectivity index (χ3n) is 3.11. The lowest BCUT2D eigenvalue weighted by molar-refractivity contribution is -0.132. The molecule has 2 aromatic rings. The van der Waals surface area contributed by atoms with Crippen molar-refractivity contribution in [3.05, 3.63) is 59.7 Å². The number of aliphatic hydroxyl groups excluding tert-OH is 1. The van der Waals surface area contributed by atoms with Gasteiger partial charge in [0.2, 0.25) is 0 Å². The minimum Gasteiger partial charge on any atom is -0.482 e. The minimum absolute atomic E-state index is 0.148. The Morgan fingerprint density at radius 2 is 2.09 bits per heavy atom. The molecule has 116 valence electrons. The summed E-state index contributed by atoms with van der Waals surface area (Å²) in [6.45, 7) is -0.133. The molecule has 22 heavy (non-hydrogen) atoms. The monoisotopic (exact) mass is 304 g/mol. The largest absolute Gasteiger partial charge is 0.482 e. The molecule has 5 nitrogen and oxygen atoms in total. The van der Waals surface area contributed by atoms with Gasteiger partial charge in [0.05, 0.1) is 18.5 Å². The van der Waals surface area contributed by atoms with Crippen LogP contribution in [0.5, 0.6) is 5.75 Å². The number of pyridine rings is 1. The van der Waals surface area contributed by atoms with E-state index in [1.54, 1.807) is 37.4 Å². The van der Waals surface area contributed by atoms with Crippen molar-refractivity contribution in [1.29, 1.82) is 0 Å². The Kier molecular flexibility index (Phi) is 5.43. The second-order valence-electron chi connectivity index (χ2n) is 4.77. The predicted octanol–water partition coefficient (Wildman–Crippen LogP) is 1.75. The average molecular weight is 304 g/mol. The van der Waals surface area contributed by atoms with E-state index in [0.29, 0.717) is 17.0 Å². The lowest BCUT2D eigenvalue weighted by Gasteiger charge is -2.18. The van der Waals surface area contributed by atoms with Crippen molar-refractivity contribution < 1.29 is 19.0 Å². The molecule has 1 aromatic heterocycles. The van der Waals surface area contributed by atoms with Crippen molar-refractivity contribution in [3.8, 4) is 5.75 Å². The van der Waals surface area contributed by atoms with E-state index >= 15 is 0 Å². The zero-order valence-corrected chi connectivity index (χ0v) is 12.2. The van der Waals surface area contributed by atoms with Gasteiger partial charge in [0, 0.05) is 19.2 Å². The summed E-state index contributed by atoms with van der Waals surface area (Å²) < 4.78 is 18.9. The summed E-state index contributed by atoms with van der Waals surface area (Å²) in [6, 6.07) is 9.57. The Balaban J connectivity index is 1.87. The number of carbonyl (C=O) groups excluding carboxylic acids is 1. The molecule has 1 N–H and O–H groups in total. The number of amides is 1. The highest BCUT2D eigenvalue weighted by molar-refractivity contribution is 5.77. The van der Waals surface area contributed by atoms with Gasteiger partial charge in [-0.25, -0.2) is 4.39 Å². The highest BCUT2D eigenvalue weighted by atomic mass is 19.1. The molecule has 1 amide bonds. The summed E-state index contributed by atoms with van der Waals surface area (Å²) >= 11 is 0. The second-order valence-corrected chi connectivity index (χ2v) is 4.77. The molecule has 0 radical (unpaired) electrons. The number of aromatic nitrogens is 1. The average Bonchev–Trinajstić information content (AvgIpc) is 2.55. The molecule has 1 heterocycles. The maximum Gasteiger partial charge on any atom is 0.260 e. The number of halogens is 1. The van der Waals surface area contributed by atoms with Crippen LogP contribution in [0.25, 0.3) is 0 Å². The number of benzene rings is 1. The van der Waals surface area contributed by atoms with E-state index in [-0.39, 0.29) is 31.5 Å². The number of aliphatic hydroxyl groups is 1. The molecular weight excluding hydrogens is 287 g/mol. The van der Waals surface area contributed by atoms with Crippen molar-refractivity contribution in [1.82, 2.24) is 9.88 Å². The van der Waals surface area contributed by atoms with Crippen molar-refractivity contribution >= 4 is 5.91 Å². The van der Waals surface area contributed by atoms with Gasteiger partial charge in [-0.3, -0.25) is 9.78 Å². The van der Waals surface area contributed by atoms with Crippen molar-refractivity contribution in [2.24, 2.45) is 0 Å². The van der Waals surface area contributed by atoms with Crippen LogP contribution in [-0.2, 0) is 17.9 Å². The molecule has 0 unspecified atom stereocenters. The summed E-state index contributed by atoms with van der Waals surface area (Å²) in [4.78, 5) is 17.3. The lowest BCUT2D eigenvalue weighted by Crippen LogP contribution is -2.31. The fraction of sp³-hybridized carbons (Fsp3) is 0.250. The molecule has 0 saturated carbocycles. The topological polar surface area (TPSA) is 62.7 Å². The number of likely N-dealkylation sites (N-methyl/N-ethyl adjacent to an activating group) is 1. The zero-order chi connectivity index (χ0) is 15.9. The number of rotatable bonds is 6. The number of ether oxygens (including phenoxy) is 1. The standard InChI is InChI=1S/C16H17FN2O3/c1-19(9-12-4-2-3-5-15(12)17)16(21)11-22-14-7-6-13(10-20)18-8-14/h2-8,20H,9-11H2,1H3. The van der Waals surface area contributed by atoms with E-state index in [9.17, 15) is 9.18 Å². The van der Waals surface area contributed by atoms with E-state index in [0.717, 1.165) is 0 Å². The van der Waals surface area contributed by atoms with Crippen LogP contribution in [0.4, 0.5) is 4.39 Å². The summed E-state index contributed by atoms with van der Waals surface area (Å²) in [5.74, 6) is -0.175. The minimum atomic E-state index is -0.341. The van der Waals surface area contributed by atoms with Crippen LogP contribution in [-0.4, -0.2) is 34.6 Å². The van der Waals surface area contributed by atoms with E-state index in [2.05, 4.69) is 4.98 Å². The van der Waals surface area contributed by atoms with Crippen LogP contribution in [0.1, 0.15) is 11.3 Å². The Morgan fingerprint density at radius 1 is 1.32 bits per heavy atom. The fourth-order valence-corrected chi connectivity index (χ4v) is 1.82. The first-order chi connectivity index (χ1) is 10.6. The van der Waals surface area contributed by atoms with Crippen LogP contribution < -0.4 is 4.74 Å². The predicted molar refractivity (Wildman–Crippen MR) is 78.5 cm³/mol. The molecule has 2 rings (SSSR count). The van der Waals surface area contributed by atoms with Gasteiger partial charge in [-0.05, 0) is 18.2 Å². The lowest BCUT2D eigenvalue weighted by atomic mass is 10.2. The smallest absolute Gasteiger partial charge is 0.260 e. The van der Waals surface area contributed by atoms with E-state index < -0.39 is 0 Å². The van der Waals surface area contributed by atoms with Gasteiger partial charge in [-0.15, -0.1) is 0 Å². The van der Waals surface area contributed by atoms with E-state index in [4.69, 9.17) is 9.84 Å². The SMILES string of the molecule is CN(Cc1ccccc1F)C(=O)COc1ccc(CO)nc1. The molecule has 0 aliphatic heterocycles.